The topological polar surface area (TPSA) is 86.3 Å². The van der Waals surface area contributed by atoms with Gasteiger partial charge in [0.15, 0.2) is 0 Å². The van der Waals surface area contributed by atoms with Crippen LogP contribution in [-0.2, 0) is 0 Å². The molecule has 1 aliphatic carbocycles. The van der Waals surface area contributed by atoms with Crippen LogP contribution in [0.4, 0.5) is 0 Å². The highest BCUT2D eigenvalue weighted by Crippen LogP contribution is 2.32. The number of hydrogen-bond acceptors (Lipinski definition) is 4. The van der Waals surface area contributed by atoms with Crippen LogP contribution in [0, 0.1) is 20.2 Å². The van der Waals surface area contributed by atoms with Crippen molar-refractivity contribution in [3.05, 3.63) is 20.2 Å². The Morgan fingerprint density at radius 1 is 1.00 bits per heavy atom. The van der Waals surface area contributed by atoms with Crippen molar-refractivity contribution in [2.45, 2.75) is 31.3 Å². The maximum absolute atomic E-state index is 10.3. The second-order valence-electron chi connectivity index (χ2n) is 2.70. The second kappa shape index (κ2) is 2.44. The number of hydrogen-bond donors (Lipinski definition) is 0. The Hall–Kier alpha value is -1.20. The summed E-state index contributed by atoms with van der Waals surface area (Å²) in [5.74, 6) is 0. The summed E-state index contributed by atoms with van der Waals surface area (Å²) in [4.78, 5) is 19.1. The molecule has 6 heteroatoms. The van der Waals surface area contributed by atoms with Crippen LogP contribution in [-0.4, -0.2) is 15.5 Å². The molecule has 1 saturated carbocycles. The molecule has 0 aromatic rings. The minimum absolute atomic E-state index is 0.0764. The quantitative estimate of drug-likeness (QED) is 0.339. The Kier molecular flexibility index (Phi) is 1.76. The van der Waals surface area contributed by atoms with Crippen molar-refractivity contribution in [3.63, 3.8) is 0 Å². The molecule has 0 bridgehead atoms. The summed E-state index contributed by atoms with van der Waals surface area (Å²) < 4.78 is 0. The second-order valence-corrected chi connectivity index (χ2v) is 2.70. The lowest BCUT2D eigenvalue weighted by Gasteiger charge is -2.09. The molecule has 0 spiro atoms. The molecule has 1 rings (SSSR count). The van der Waals surface area contributed by atoms with E-state index in [0.29, 0.717) is 12.8 Å². The summed E-state index contributed by atoms with van der Waals surface area (Å²) in [6, 6.07) is 0. The van der Waals surface area contributed by atoms with Gasteiger partial charge in [-0.25, -0.2) is 0 Å². The smallest absolute Gasteiger partial charge is 0.258 e. The summed E-state index contributed by atoms with van der Waals surface area (Å²) in [6.07, 6.45) is 1.32. The molecule has 0 unspecified atom stereocenters. The summed E-state index contributed by atoms with van der Waals surface area (Å²) >= 11 is 0. The molecule has 1 aliphatic rings. The number of nitro groups is 2. The Labute approximate surface area is 62.5 Å². The first kappa shape index (κ1) is 7.90. The van der Waals surface area contributed by atoms with Crippen LogP contribution in [0.1, 0.15) is 25.7 Å². The highest BCUT2D eigenvalue weighted by molar-refractivity contribution is 4.74. The molecule has 0 aliphatic heterocycles. The van der Waals surface area contributed by atoms with Crippen molar-refractivity contribution < 1.29 is 9.85 Å². The van der Waals surface area contributed by atoms with Crippen molar-refractivity contribution in [3.8, 4) is 0 Å². The van der Waals surface area contributed by atoms with Gasteiger partial charge in [-0.3, -0.25) is 20.2 Å². The molecule has 0 aromatic carbocycles. The van der Waals surface area contributed by atoms with Gasteiger partial charge in [0, 0.05) is 0 Å². The molecule has 0 heterocycles. The predicted octanol–water partition coefficient (Wildman–Crippen LogP) is 0.810. The standard InChI is InChI=1S/C5H8N2O4/c8-6(9)5(7(10)11)3-1-2-4-5/h1-4H2. The molecule has 62 valence electrons. The molecule has 0 amide bonds. The average molecular weight is 160 g/mol. The molecule has 0 atom stereocenters. The summed E-state index contributed by atoms with van der Waals surface area (Å²) in [7, 11) is 0. The van der Waals surface area contributed by atoms with E-state index in [9.17, 15) is 20.2 Å². The van der Waals surface area contributed by atoms with Gasteiger partial charge >= 0.3 is 5.66 Å². The third kappa shape index (κ3) is 1.04. The third-order valence-corrected chi connectivity index (χ3v) is 2.08. The minimum Gasteiger partial charge on any atom is -0.258 e. The SMILES string of the molecule is O=[N+]([O-])C1([N+](=O)[O-])CCCC1. The first-order valence-corrected chi connectivity index (χ1v) is 3.38. The highest BCUT2D eigenvalue weighted by atomic mass is 16.7. The normalized spacial score (nSPS) is 21.5. The zero-order valence-electron chi connectivity index (χ0n) is 5.86. The van der Waals surface area contributed by atoms with E-state index in [1.807, 2.05) is 0 Å². The van der Waals surface area contributed by atoms with Crippen LogP contribution in [0.5, 0.6) is 0 Å². The molecule has 1 fully saturated rings. The molecule has 0 saturated heterocycles. The van der Waals surface area contributed by atoms with E-state index in [0.717, 1.165) is 0 Å². The summed E-state index contributed by atoms with van der Waals surface area (Å²) in [6.45, 7) is 0. The van der Waals surface area contributed by atoms with Crippen LogP contribution in [0.3, 0.4) is 0 Å². The van der Waals surface area contributed by atoms with Crippen LogP contribution < -0.4 is 0 Å². The average Bonchev–Trinajstić information content (AvgIpc) is 2.34. The van der Waals surface area contributed by atoms with E-state index < -0.39 is 15.5 Å². The largest absolute Gasteiger partial charge is 0.458 e. The Morgan fingerprint density at radius 3 is 1.55 bits per heavy atom. The highest BCUT2D eigenvalue weighted by Gasteiger charge is 2.57. The van der Waals surface area contributed by atoms with Crippen LogP contribution in [0.2, 0.25) is 0 Å². The third-order valence-electron chi connectivity index (χ3n) is 2.08. The summed E-state index contributed by atoms with van der Waals surface area (Å²) in [5.41, 5.74) is -1.86. The molecular formula is C5H8N2O4. The molecule has 0 radical (unpaired) electrons. The van der Waals surface area contributed by atoms with E-state index >= 15 is 0 Å². The van der Waals surface area contributed by atoms with Crippen molar-refractivity contribution in [2.24, 2.45) is 0 Å². The maximum atomic E-state index is 10.3. The molecule has 0 aromatic heterocycles. The fraction of sp³-hybridized carbons (Fsp3) is 1.00. The van der Waals surface area contributed by atoms with Crippen LogP contribution in [0.25, 0.3) is 0 Å². The van der Waals surface area contributed by atoms with Gasteiger partial charge in [-0.2, -0.15) is 0 Å². The van der Waals surface area contributed by atoms with E-state index in [-0.39, 0.29) is 12.8 Å². The first-order chi connectivity index (χ1) is 5.09. The number of nitrogens with zero attached hydrogens (tertiary/aromatic N) is 2. The van der Waals surface area contributed by atoms with Crippen molar-refractivity contribution in [1.29, 1.82) is 0 Å². The van der Waals surface area contributed by atoms with Crippen molar-refractivity contribution in [2.75, 3.05) is 0 Å². The van der Waals surface area contributed by atoms with E-state index in [1.165, 1.54) is 0 Å². The van der Waals surface area contributed by atoms with Gasteiger partial charge in [0.05, 0.1) is 22.7 Å². The molecule has 0 N–H and O–H groups in total. The summed E-state index contributed by atoms with van der Waals surface area (Å²) in [5, 5.41) is 20.7. The van der Waals surface area contributed by atoms with Crippen LogP contribution >= 0.6 is 0 Å². The lowest BCUT2D eigenvalue weighted by Crippen LogP contribution is -2.43. The molecule has 11 heavy (non-hydrogen) atoms. The molecule has 6 nitrogen and oxygen atoms in total. The Balaban J connectivity index is 2.87. The van der Waals surface area contributed by atoms with E-state index in [2.05, 4.69) is 0 Å². The predicted molar refractivity (Wildman–Crippen MR) is 35.2 cm³/mol. The number of rotatable bonds is 2. The van der Waals surface area contributed by atoms with Gasteiger partial charge < -0.3 is 0 Å². The van der Waals surface area contributed by atoms with Crippen molar-refractivity contribution >= 4 is 0 Å². The zero-order valence-corrected chi connectivity index (χ0v) is 5.86. The monoisotopic (exact) mass is 160 g/mol. The Morgan fingerprint density at radius 2 is 1.36 bits per heavy atom. The van der Waals surface area contributed by atoms with Gasteiger partial charge in [0.1, 0.15) is 0 Å². The lowest BCUT2D eigenvalue weighted by atomic mass is 10.1. The fourth-order valence-corrected chi connectivity index (χ4v) is 1.37. The van der Waals surface area contributed by atoms with Gasteiger partial charge in [0.2, 0.25) is 0 Å². The van der Waals surface area contributed by atoms with Gasteiger partial charge in [-0.05, 0) is 12.8 Å². The van der Waals surface area contributed by atoms with Crippen molar-refractivity contribution in [1.82, 2.24) is 0 Å². The van der Waals surface area contributed by atoms with E-state index in [4.69, 9.17) is 0 Å². The van der Waals surface area contributed by atoms with Crippen LogP contribution in [0.15, 0.2) is 0 Å². The van der Waals surface area contributed by atoms with E-state index in [1.54, 1.807) is 0 Å². The minimum atomic E-state index is -1.86. The maximum Gasteiger partial charge on any atom is 0.458 e. The molecular weight excluding hydrogens is 152 g/mol. The zero-order chi connectivity index (χ0) is 8.48. The first-order valence-electron chi connectivity index (χ1n) is 3.38. The van der Waals surface area contributed by atoms with Gasteiger partial charge in [-0.1, -0.05) is 0 Å². The van der Waals surface area contributed by atoms with Gasteiger partial charge in [0.25, 0.3) is 0 Å². The van der Waals surface area contributed by atoms with Gasteiger partial charge in [-0.15, -0.1) is 0 Å². The Bertz CT molecular complexity index is 181. The lowest BCUT2D eigenvalue weighted by molar-refractivity contribution is -0.795. The fourth-order valence-electron chi connectivity index (χ4n) is 1.37.